The lowest BCUT2D eigenvalue weighted by molar-refractivity contribution is 0.471. The van der Waals surface area contributed by atoms with Gasteiger partial charge in [0.1, 0.15) is 5.75 Å². The SMILES string of the molecule is CC[C@H](C)c1ccccc1N=Cc1cc(C)cc(Br)c1O. The average Bonchev–Trinajstić information content (AvgIpc) is 2.49. The van der Waals surface area contributed by atoms with E-state index in [4.69, 9.17) is 0 Å². The number of benzene rings is 2. The molecule has 0 bridgehead atoms. The third-order valence-electron chi connectivity index (χ3n) is 3.66. The topological polar surface area (TPSA) is 32.6 Å². The van der Waals surface area contributed by atoms with Crippen molar-refractivity contribution < 1.29 is 5.11 Å². The van der Waals surface area contributed by atoms with Crippen LogP contribution in [0.4, 0.5) is 5.69 Å². The molecule has 0 radical (unpaired) electrons. The lowest BCUT2D eigenvalue weighted by Crippen LogP contribution is -1.92. The molecule has 3 heteroatoms. The van der Waals surface area contributed by atoms with Crippen LogP contribution in [0.5, 0.6) is 5.75 Å². The number of phenols is 1. The van der Waals surface area contributed by atoms with Crippen molar-refractivity contribution in [1.82, 2.24) is 0 Å². The number of hydrogen-bond donors (Lipinski definition) is 1. The summed E-state index contributed by atoms with van der Waals surface area (Å²) in [5, 5.41) is 10.1. The molecule has 0 heterocycles. The van der Waals surface area contributed by atoms with E-state index in [2.05, 4.69) is 40.8 Å². The Labute approximate surface area is 134 Å². The number of phenolic OH excluding ortho intramolecular Hbond substituents is 1. The minimum Gasteiger partial charge on any atom is -0.506 e. The number of aryl methyl sites for hydroxylation is 1. The second-order valence-electron chi connectivity index (χ2n) is 5.31. The van der Waals surface area contributed by atoms with Gasteiger partial charge in [0.25, 0.3) is 0 Å². The van der Waals surface area contributed by atoms with Crippen LogP contribution in [0.15, 0.2) is 45.9 Å². The average molecular weight is 346 g/mol. The first-order valence-electron chi connectivity index (χ1n) is 7.15. The molecule has 1 atom stereocenters. The van der Waals surface area contributed by atoms with Gasteiger partial charge in [-0.1, -0.05) is 32.0 Å². The highest BCUT2D eigenvalue weighted by Gasteiger charge is 2.08. The molecular formula is C18H20BrNO. The van der Waals surface area contributed by atoms with Crippen LogP contribution in [-0.2, 0) is 0 Å². The van der Waals surface area contributed by atoms with Gasteiger partial charge in [-0.3, -0.25) is 4.99 Å². The van der Waals surface area contributed by atoms with Gasteiger partial charge in [0.2, 0.25) is 0 Å². The molecule has 0 fully saturated rings. The molecule has 0 amide bonds. The number of hydrogen-bond acceptors (Lipinski definition) is 2. The van der Waals surface area contributed by atoms with Crippen molar-refractivity contribution >= 4 is 27.8 Å². The van der Waals surface area contributed by atoms with Gasteiger partial charge < -0.3 is 5.11 Å². The van der Waals surface area contributed by atoms with Crippen molar-refractivity contribution in [1.29, 1.82) is 0 Å². The van der Waals surface area contributed by atoms with Gasteiger partial charge in [0, 0.05) is 11.8 Å². The van der Waals surface area contributed by atoms with Crippen molar-refractivity contribution in [3.8, 4) is 5.75 Å². The van der Waals surface area contributed by atoms with Crippen LogP contribution >= 0.6 is 15.9 Å². The normalized spacial score (nSPS) is 12.8. The fraction of sp³-hybridized carbons (Fsp3) is 0.278. The first-order valence-corrected chi connectivity index (χ1v) is 7.94. The molecule has 1 N–H and O–H groups in total. The molecule has 2 aromatic rings. The van der Waals surface area contributed by atoms with Gasteiger partial charge in [-0.25, -0.2) is 0 Å². The Morgan fingerprint density at radius 1 is 1.29 bits per heavy atom. The zero-order chi connectivity index (χ0) is 15.4. The monoisotopic (exact) mass is 345 g/mol. The fourth-order valence-electron chi connectivity index (χ4n) is 2.24. The maximum atomic E-state index is 10.1. The maximum absolute atomic E-state index is 10.1. The second-order valence-corrected chi connectivity index (χ2v) is 6.17. The lowest BCUT2D eigenvalue weighted by Gasteiger charge is -2.11. The quantitative estimate of drug-likeness (QED) is 0.705. The van der Waals surface area contributed by atoms with Gasteiger partial charge in [0.15, 0.2) is 0 Å². The molecule has 110 valence electrons. The zero-order valence-electron chi connectivity index (χ0n) is 12.6. The van der Waals surface area contributed by atoms with E-state index in [0.29, 0.717) is 10.4 Å². The summed E-state index contributed by atoms with van der Waals surface area (Å²) in [6.07, 6.45) is 2.81. The van der Waals surface area contributed by atoms with Crippen molar-refractivity contribution in [2.45, 2.75) is 33.1 Å². The number of halogens is 1. The van der Waals surface area contributed by atoms with Crippen molar-refractivity contribution in [3.05, 3.63) is 57.6 Å². The number of nitrogens with zero attached hydrogens (tertiary/aromatic N) is 1. The Hall–Kier alpha value is -1.61. The Morgan fingerprint density at radius 3 is 2.71 bits per heavy atom. The Bertz CT molecular complexity index is 664. The Morgan fingerprint density at radius 2 is 2.00 bits per heavy atom. The lowest BCUT2D eigenvalue weighted by atomic mass is 9.97. The summed E-state index contributed by atoms with van der Waals surface area (Å²) in [7, 11) is 0. The van der Waals surface area contributed by atoms with Gasteiger partial charge in [-0.2, -0.15) is 0 Å². The summed E-state index contributed by atoms with van der Waals surface area (Å²) in [6.45, 7) is 6.37. The van der Waals surface area contributed by atoms with Gasteiger partial charge in [0.05, 0.1) is 10.2 Å². The molecule has 0 aliphatic rings. The summed E-state index contributed by atoms with van der Waals surface area (Å²) in [5.74, 6) is 0.696. The second kappa shape index (κ2) is 6.90. The molecule has 0 aliphatic carbocycles. The van der Waals surface area contributed by atoms with E-state index >= 15 is 0 Å². The first kappa shape index (κ1) is 15.8. The zero-order valence-corrected chi connectivity index (χ0v) is 14.2. The van der Waals surface area contributed by atoms with E-state index in [1.807, 2.05) is 37.3 Å². The number of aromatic hydroxyl groups is 1. The molecule has 0 saturated carbocycles. The summed E-state index contributed by atoms with van der Waals surface area (Å²) < 4.78 is 0.694. The summed E-state index contributed by atoms with van der Waals surface area (Å²) in [5.41, 5.74) is 4.00. The van der Waals surface area contributed by atoms with Crippen molar-refractivity contribution in [2.24, 2.45) is 4.99 Å². The predicted octanol–water partition coefficient (Wildman–Crippen LogP) is 5.73. The van der Waals surface area contributed by atoms with Crippen LogP contribution in [0, 0.1) is 6.92 Å². The Balaban J connectivity index is 2.39. The molecule has 2 rings (SSSR count). The summed E-state index contributed by atoms with van der Waals surface area (Å²) in [4.78, 5) is 4.58. The molecule has 0 spiro atoms. The molecular weight excluding hydrogens is 326 g/mol. The third kappa shape index (κ3) is 3.73. The molecule has 0 saturated heterocycles. The van der Waals surface area contributed by atoms with E-state index in [1.54, 1.807) is 6.21 Å². The molecule has 0 aliphatic heterocycles. The van der Waals surface area contributed by atoms with Crippen LogP contribution in [0.25, 0.3) is 0 Å². The summed E-state index contributed by atoms with van der Waals surface area (Å²) >= 11 is 3.36. The van der Waals surface area contributed by atoms with Crippen LogP contribution < -0.4 is 0 Å². The van der Waals surface area contributed by atoms with E-state index in [9.17, 15) is 5.11 Å². The van der Waals surface area contributed by atoms with Crippen LogP contribution in [0.3, 0.4) is 0 Å². The summed E-state index contributed by atoms with van der Waals surface area (Å²) in [6, 6.07) is 12.0. The van der Waals surface area contributed by atoms with E-state index < -0.39 is 0 Å². The van der Waals surface area contributed by atoms with Gasteiger partial charge in [-0.05, 0) is 64.5 Å². The van der Waals surface area contributed by atoms with E-state index in [1.165, 1.54) is 5.56 Å². The molecule has 0 unspecified atom stereocenters. The van der Waals surface area contributed by atoms with Crippen molar-refractivity contribution in [3.63, 3.8) is 0 Å². The number of aliphatic imine (C=N–C) groups is 1. The number of rotatable bonds is 4. The molecule has 2 nitrogen and oxygen atoms in total. The van der Waals surface area contributed by atoms with Crippen LogP contribution in [0.1, 0.15) is 42.9 Å². The van der Waals surface area contributed by atoms with E-state index in [-0.39, 0.29) is 5.75 Å². The maximum Gasteiger partial charge on any atom is 0.138 e. The van der Waals surface area contributed by atoms with Gasteiger partial charge >= 0.3 is 0 Å². The molecule has 0 aromatic heterocycles. The van der Waals surface area contributed by atoms with Gasteiger partial charge in [-0.15, -0.1) is 0 Å². The molecule has 2 aromatic carbocycles. The molecule has 21 heavy (non-hydrogen) atoms. The standard InChI is InChI=1S/C18H20BrNO/c1-4-13(3)15-7-5-6-8-17(15)20-11-14-9-12(2)10-16(19)18(14)21/h5-11,13,21H,4H2,1-3H3/t13-/m0/s1. The minimum atomic E-state index is 0.227. The predicted molar refractivity (Wildman–Crippen MR) is 92.9 cm³/mol. The smallest absolute Gasteiger partial charge is 0.138 e. The largest absolute Gasteiger partial charge is 0.506 e. The fourth-order valence-corrected chi connectivity index (χ4v) is 2.83. The highest BCUT2D eigenvalue weighted by Crippen LogP contribution is 2.31. The van der Waals surface area contributed by atoms with Crippen LogP contribution in [-0.4, -0.2) is 11.3 Å². The van der Waals surface area contributed by atoms with E-state index in [0.717, 1.165) is 23.2 Å². The minimum absolute atomic E-state index is 0.227. The highest BCUT2D eigenvalue weighted by atomic mass is 79.9. The first-order chi connectivity index (χ1) is 10.0. The third-order valence-corrected chi connectivity index (χ3v) is 4.26. The van der Waals surface area contributed by atoms with Crippen molar-refractivity contribution in [2.75, 3.05) is 0 Å². The van der Waals surface area contributed by atoms with Crippen LogP contribution in [0.2, 0.25) is 0 Å². The number of para-hydroxylation sites is 1. The highest BCUT2D eigenvalue weighted by molar-refractivity contribution is 9.10. The Kier molecular flexibility index (Phi) is 5.18.